The van der Waals surface area contributed by atoms with Crippen LogP contribution in [-0.2, 0) is 13.6 Å². The Morgan fingerprint density at radius 3 is 2.81 bits per heavy atom. The van der Waals surface area contributed by atoms with Crippen molar-refractivity contribution < 1.29 is 9.72 Å². The molecule has 0 aromatic carbocycles. The fourth-order valence-corrected chi connectivity index (χ4v) is 1.73. The maximum atomic E-state index is 12.1. The Morgan fingerprint density at radius 2 is 2.24 bits per heavy atom. The predicted octanol–water partition coefficient (Wildman–Crippen LogP) is 0.695. The molecule has 2 aromatic rings. The zero-order valence-corrected chi connectivity index (χ0v) is 11.5. The third-order valence-electron chi connectivity index (χ3n) is 2.91. The molecule has 0 bridgehead atoms. The van der Waals surface area contributed by atoms with Gasteiger partial charge in [-0.1, -0.05) is 0 Å². The molecule has 0 aliphatic carbocycles. The fourth-order valence-electron chi connectivity index (χ4n) is 1.73. The third-order valence-corrected chi connectivity index (χ3v) is 2.91. The molecule has 0 aliphatic rings. The number of rotatable bonds is 5. The second-order valence-electron chi connectivity index (χ2n) is 4.23. The zero-order chi connectivity index (χ0) is 15.4. The Balaban J connectivity index is 2.21. The van der Waals surface area contributed by atoms with Gasteiger partial charge < -0.3 is 15.2 Å². The highest BCUT2D eigenvalue weighted by Crippen LogP contribution is 2.20. The number of nitrogens with one attached hydrogen (secondary N) is 2. The quantitative estimate of drug-likeness (QED) is 0.618. The van der Waals surface area contributed by atoms with Crippen LogP contribution in [0.4, 0.5) is 11.5 Å². The largest absolute Gasteiger partial charge is 0.373 e. The summed E-state index contributed by atoms with van der Waals surface area (Å²) in [6.07, 6.45) is 4.41. The number of nitrogens with zero attached hydrogens (tertiary/aromatic N) is 4. The van der Waals surface area contributed by atoms with Gasteiger partial charge in [0, 0.05) is 32.6 Å². The number of carbonyl (C=O) groups is 1. The number of hydrogen-bond donors (Lipinski definition) is 2. The molecule has 0 saturated heterocycles. The van der Waals surface area contributed by atoms with Crippen molar-refractivity contribution in [3.63, 3.8) is 0 Å². The Kier molecular flexibility index (Phi) is 4.12. The minimum atomic E-state index is -0.637. The van der Waals surface area contributed by atoms with Crippen LogP contribution in [0.3, 0.4) is 0 Å². The zero-order valence-electron chi connectivity index (χ0n) is 11.5. The number of amides is 1. The van der Waals surface area contributed by atoms with Crippen molar-refractivity contribution >= 4 is 17.4 Å². The minimum absolute atomic E-state index is 0.0476. The van der Waals surface area contributed by atoms with E-state index in [9.17, 15) is 14.9 Å². The number of aryl methyl sites for hydroxylation is 1. The summed E-state index contributed by atoms with van der Waals surface area (Å²) in [5.41, 5.74) is -0.389. The summed E-state index contributed by atoms with van der Waals surface area (Å²) in [4.78, 5) is 30.4. The van der Waals surface area contributed by atoms with Gasteiger partial charge in [0.25, 0.3) is 11.6 Å². The van der Waals surface area contributed by atoms with Crippen LogP contribution in [0, 0.1) is 10.1 Å². The summed E-state index contributed by atoms with van der Waals surface area (Å²) in [5.74, 6) is 0.472. The molecular formula is C12H14N6O3. The molecule has 0 radical (unpaired) electrons. The van der Waals surface area contributed by atoms with E-state index in [1.807, 2.05) is 0 Å². The maximum absolute atomic E-state index is 12.1. The molecule has 0 saturated carbocycles. The number of hydrogen-bond acceptors (Lipinski definition) is 6. The predicted molar refractivity (Wildman–Crippen MR) is 74.8 cm³/mol. The molecule has 9 heteroatoms. The lowest BCUT2D eigenvalue weighted by Crippen LogP contribution is -2.25. The van der Waals surface area contributed by atoms with Gasteiger partial charge in [-0.05, 0) is 0 Å². The molecule has 2 N–H and O–H groups in total. The molecule has 0 atom stereocenters. The van der Waals surface area contributed by atoms with Crippen molar-refractivity contribution in [3.8, 4) is 0 Å². The Bertz CT molecular complexity index is 681. The van der Waals surface area contributed by atoms with Gasteiger partial charge in [-0.2, -0.15) is 0 Å². The molecule has 110 valence electrons. The van der Waals surface area contributed by atoms with E-state index in [1.54, 1.807) is 31.1 Å². The van der Waals surface area contributed by atoms with Gasteiger partial charge in [-0.25, -0.2) is 9.97 Å². The number of anilines is 1. The third kappa shape index (κ3) is 3.14. The molecule has 0 spiro atoms. The van der Waals surface area contributed by atoms with Crippen molar-refractivity contribution in [1.29, 1.82) is 0 Å². The second kappa shape index (κ2) is 5.99. The molecule has 2 aromatic heterocycles. The average molecular weight is 290 g/mol. The lowest BCUT2D eigenvalue weighted by atomic mass is 10.2. The lowest BCUT2D eigenvalue weighted by Gasteiger charge is -2.07. The van der Waals surface area contributed by atoms with E-state index >= 15 is 0 Å². The summed E-state index contributed by atoms with van der Waals surface area (Å²) in [7, 11) is 3.41. The van der Waals surface area contributed by atoms with E-state index in [0.717, 1.165) is 6.20 Å². The van der Waals surface area contributed by atoms with Gasteiger partial charge in [-0.3, -0.25) is 14.9 Å². The fraction of sp³-hybridized carbons (Fsp3) is 0.250. The van der Waals surface area contributed by atoms with Crippen LogP contribution in [-0.4, -0.2) is 32.4 Å². The van der Waals surface area contributed by atoms with E-state index in [1.165, 1.54) is 6.07 Å². The standard InChI is InChI=1S/C12H14N6O3/c1-13-10-5-8(9(6-15-10)18(20)21)12(19)16-7-11-14-3-4-17(11)2/h3-6H,7H2,1-2H3,(H,13,15)(H,16,19). The van der Waals surface area contributed by atoms with Crippen molar-refractivity contribution in [3.05, 3.63) is 46.2 Å². The summed E-state index contributed by atoms with van der Waals surface area (Å²) < 4.78 is 1.75. The lowest BCUT2D eigenvalue weighted by molar-refractivity contribution is -0.385. The van der Waals surface area contributed by atoms with Gasteiger partial charge in [0.15, 0.2) is 0 Å². The molecule has 1 amide bonds. The Hall–Kier alpha value is -2.97. The number of nitro groups is 1. The van der Waals surface area contributed by atoms with E-state index in [2.05, 4.69) is 20.6 Å². The summed E-state index contributed by atoms with van der Waals surface area (Å²) in [6.45, 7) is 0.177. The Labute approximate surface area is 120 Å². The van der Waals surface area contributed by atoms with Gasteiger partial charge in [0.1, 0.15) is 23.4 Å². The van der Waals surface area contributed by atoms with Crippen molar-refractivity contribution in [2.24, 2.45) is 7.05 Å². The molecular weight excluding hydrogens is 276 g/mol. The molecule has 2 heterocycles. The van der Waals surface area contributed by atoms with E-state index in [4.69, 9.17) is 0 Å². The molecule has 21 heavy (non-hydrogen) atoms. The van der Waals surface area contributed by atoms with Crippen LogP contribution in [0.5, 0.6) is 0 Å². The average Bonchev–Trinajstić information content (AvgIpc) is 2.89. The van der Waals surface area contributed by atoms with Crippen LogP contribution < -0.4 is 10.6 Å². The first-order valence-corrected chi connectivity index (χ1v) is 6.09. The van der Waals surface area contributed by atoms with Crippen LogP contribution in [0.2, 0.25) is 0 Å². The van der Waals surface area contributed by atoms with E-state index in [0.29, 0.717) is 11.6 Å². The van der Waals surface area contributed by atoms with Gasteiger partial charge >= 0.3 is 0 Å². The van der Waals surface area contributed by atoms with Gasteiger partial charge in [0.05, 0.1) is 11.5 Å². The number of aromatic nitrogens is 3. The summed E-state index contributed by atoms with van der Waals surface area (Å²) >= 11 is 0. The molecule has 2 rings (SSSR count). The number of carbonyl (C=O) groups excluding carboxylic acids is 1. The maximum Gasteiger partial charge on any atom is 0.300 e. The van der Waals surface area contributed by atoms with Crippen LogP contribution in [0.25, 0.3) is 0 Å². The highest BCUT2D eigenvalue weighted by molar-refractivity contribution is 5.98. The van der Waals surface area contributed by atoms with Crippen molar-refractivity contribution in [2.75, 3.05) is 12.4 Å². The van der Waals surface area contributed by atoms with Crippen molar-refractivity contribution in [1.82, 2.24) is 19.9 Å². The smallest absolute Gasteiger partial charge is 0.300 e. The monoisotopic (exact) mass is 290 g/mol. The van der Waals surface area contributed by atoms with Crippen LogP contribution in [0.1, 0.15) is 16.2 Å². The van der Waals surface area contributed by atoms with Gasteiger partial charge in [0.2, 0.25) is 0 Å². The van der Waals surface area contributed by atoms with Crippen molar-refractivity contribution in [2.45, 2.75) is 6.54 Å². The molecule has 0 fully saturated rings. The summed E-state index contributed by atoms with van der Waals surface area (Å²) in [6, 6.07) is 1.34. The van der Waals surface area contributed by atoms with Crippen LogP contribution >= 0.6 is 0 Å². The summed E-state index contributed by atoms with van der Waals surface area (Å²) in [5, 5.41) is 16.3. The first kappa shape index (κ1) is 14.4. The SMILES string of the molecule is CNc1cc(C(=O)NCc2nccn2C)c([N+](=O)[O-])cn1. The first-order chi connectivity index (χ1) is 10.0. The van der Waals surface area contributed by atoms with Gasteiger partial charge in [-0.15, -0.1) is 0 Å². The minimum Gasteiger partial charge on any atom is -0.373 e. The van der Waals surface area contributed by atoms with E-state index < -0.39 is 10.8 Å². The first-order valence-electron chi connectivity index (χ1n) is 6.09. The molecule has 0 unspecified atom stereocenters. The molecule has 9 nitrogen and oxygen atoms in total. The highest BCUT2D eigenvalue weighted by Gasteiger charge is 2.21. The Morgan fingerprint density at radius 1 is 1.48 bits per heavy atom. The highest BCUT2D eigenvalue weighted by atomic mass is 16.6. The topological polar surface area (TPSA) is 115 Å². The van der Waals surface area contributed by atoms with E-state index in [-0.39, 0.29) is 17.8 Å². The number of pyridine rings is 1. The normalized spacial score (nSPS) is 10.2. The number of imidazole rings is 1. The second-order valence-corrected chi connectivity index (χ2v) is 4.23. The molecule has 0 aliphatic heterocycles. The van der Waals surface area contributed by atoms with Crippen LogP contribution in [0.15, 0.2) is 24.7 Å².